The fourth-order valence-electron chi connectivity index (χ4n) is 3.77. The minimum Gasteiger partial charge on any atom is -0.497 e. The molecule has 1 aromatic heterocycles. The minimum absolute atomic E-state index is 0. The van der Waals surface area contributed by atoms with Crippen molar-refractivity contribution < 1.29 is 9.47 Å². The van der Waals surface area contributed by atoms with Crippen LogP contribution in [0, 0.1) is 0 Å². The smallest absolute Gasteiger partial charge is 0.191 e. The number of anilines is 1. The number of nitrogens with zero attached hydrogens (tertiary/aromatic N) is 5. The van der Waals surface area contributed by atoms with Crippen LogP contribution in [-0.4, -0.2) is 61.1 Å². The minimum atomic E-state index is 0. The molecule has 1 unspecified atom stereocenters. The normalized spacial score (nSPS) is 15.7. The highest BCUT2D eigenvalue weighted by atomic mass is 127. The second-order valence-electron chi connectivity index (χ2n) is 7.58. The lowest BCUT2D eigenvalue weighted by molar-refractivity contribution is 0.394. The van der Waals surface area contributed by atoms with E-state index < -0.39 is 0 Å². The van der Waals surface area contributed by atoms with Gasteiger partial charge in [-0.15, -0.1) is 24.0 Å². The van der Waals surface area contributed by atoms with Crippen molar-refractivity contribution in [3.8, 4) is 17.2 Å². The number of guanidine groups is 1. The second-order valence-corrected chi connectivity index (χ2v) is 7.58. The maximum absolute atomic E-state index is 5.41. The van der Waals surface area contributed by atoms with Gasteiger partial charge in [-0.3, -0.25) is 4.99 Å². The van der Waals surface area contributed by atoms with Gasteiger partial charge < -0.3 is 25.0 Å². The lowest BCUT2D eigenvalue weighted by Gasteiger charge is -2.21. The summed E-state index contributed by atoms with van der Waals surface area (Å²) in [7, 11) is 5.14. The van der Waals surface area contributed by atoms with E-state index in [4.69, 9.17) is 9.47 Å². The molecule has 3 aromatic rings. The molecule has 2 aromatic carbocycles. The summed E-state index contributed by atoms with van der Waals surface area (Å²) in [4.78, 5) is 10.7. The van der Waals surface area contributed by atoms with Crippen molar-refractivity contribution in [3.63, 3.8) is 0 Å². The topological polar surface area (TPSA) is 88.8 Å². The van der Waals surface area contributed by atoms with Gasteiger partial charge in [0.15, 0.2) is 5.96 Å². The Labute approximate surface area is 211 Å². The standard InChI is InChI=1S/C23H29N7O2.HI/c1-24-23(26-13-17-4-6-19(7-5-17)30-16-25-15-27-30)28-18-8-9-29(14-18)20-10-21(31-2)12-22(11-20)32-3;/h4-7,10-12,15-16,18H,8-9,13-14H2,1-3H3,(H2,24,26,28);1H. The van der Waals surface area contributed by atoms with Gasteiger partial charge in [0.1, 0.15) is 24.2 Å². The van der Waals surface area contributed by atoms with E-state index in [9.17, 15) is 0 Å². The summed E-state index contributed by atoms with van der Waals surface area (Å²) >= 11 is 0. The summed E-state index contributed by atoms with van der Waals surface area (Å²) in [5, 5.41) is 11.1. The van der Waals surface area contributed by atoms with Crippen LogP contribution in [0.2, 0.25) is 0 Å². The van der Waals surface area contributed by atoms with Gasteiger partial charge in [-0.2, -0.15) is 5.10 Å². The summed E-state index contributed by atoms with van der Waals surface area (Å²) in [6.45, 7) is 2.51. The quantitative estimate of drug-likeness (QED) is 0.260. The first-order valence-electron chi connectivity index (χ1n) is 10.6. The fourth-order valence-corrected chi connectivity index (χ4v) is 3.77. The molecule has 1 fully saturated rings. The lowest BCUT2D eigenvalue weighted by atomic mass is 10.2. The van der Waals surface area contributed by atoms with Crippen molar-refractivity contribution in [3.05, 3.63) is 60.7 Å². The molecule has 4 rings (SSSR count). The van der Waals surface area contributed by atoms with Crippen LogP contribution < -0.4 is 25.0 Å². The fraction of sp³-hybridized carbons (Fsp3) is 0.348. The number of hydrogen-bond acceptors (Lipinski definition) is 6. The molecule has 9 nitrogen and oxygen atoms in total. The van der Waals surface area contributed by atoms with Crippen molar-refractivity contribution in [2.24, 2.45) is 4.99 Å². The molecule has 0 spiro atoms. The second kappa shape index (κ2) is 11.7. The van der Waals surface area contributed by atoms with Gasteiger partial charge in [0.25, 0.3) is 0 Å². The molecule has 1 aliphatic rings. The Morgan fingerprint density at radius 1 is 1.09 bits per heavy atom. The van der Waals surface area contributed by atoms with Gasteiger partial charge in [-0.25, -0.2) is 9.67 Å². The monoisotopic (exact) mass is 563 g/mol. The highest BCUT2D eigenvalue weighted by Gasteiger charge is 2.24. The zero-order valence-corrected chi connectivity index (χ0v) is 21.4. The van der Waals surface area contributed by atoms with Gasteiger partial charge in [0, 0.05) is 56.6 Å². The van der Waals surface area contributed by atoms with Gasteiger partial charge in [-0.05, 0) is 24.1 Å². The molecule has 1 atom stereocenters. The third-order valence-electron chi connectivity index (χ3n) is 5.53. The van der Waals surface area contributed by atoms with Crippen molar-refractivity contribution in [1.82, 2.24) is 25.4 Å². The van der Waals surface area contributed by atoms with E-state index in [0.29, 0.717) is 12.6 Å². The van der Waals surface area contributed by atoms with Crippen LogP contribution in [0.25, 0.3) is 5.69 Å². The molecule has 0 radical (unpaired) electrons. The van der Waals surface area contributed by atoms with Gasteiger partial charge in [0.2, 0.25) is 0 Å². The molecule has 176 valence electrons. The van der Waals surface area contributed by atoms with Gasteiger partial charge >= 0.3 is 0 Å². The summed E-state index contributed by atoms with van der Waals surface area (Å²) in [6, 6.07) is 14.5. The van der Waals surface area contributed by atoms with E-state index in [1.807, 2.05) is 30.3 Å². The van der Waals surface area contributed by atoms with E-state index in [2.05, 4.69) is 42.7 Å². The number of rotatable bonds is 7. The molecule has 0 amide bonds. The Balaban J connectivity index is 0.00000306. The lowest BCUT2D eigenvalue weighted by Crippen LogP contribution is -2.44. The van der Waals surface area contributed by atoms with E-state index in [0.717, 1.165) is 53.9 Å². The van der Waals surface area contributed by atoms with Crippen LogP contribution in [0.5, 0.6) is 11.5 Å². The first-order valence-corrected chi connectivity index (χ1v) is 10.6. The highest BCUT2D eigenvalue weighted by molar-refractivity contribution is 14.0. The molecule has 0 bridgehead atoms. The van der Waals surface area contributed by atoms with Crippen LogP contribution in [0.3, 0.4) is 0 Å². The first kappa shape index (κ1) is 24.6. The molecule has 0 aliphatic carbocycles. The van der Waals surface area contributed by atoms with Crippen molar-refractivity contribution in [2.45, 2.75) is 19.0 Å². The Bertz CT molecular complexity index is 1020. The average Bonchev–Trinajstić information content (AvgIpc) is 3.54. The number of hydrogen-bond donors (Lipinski definition) is 2. The van der Waals surface area contributed by atoms with Gasteiger partial charge in [-0.1, -0.05) is 12.1 Å². The van der Waals surface area contributed by atoms with Crippen LogP contribution in [0.1, 0.15) is 12.0 Å². The Morgan fingerprint density at radius 3 is 2.42 bits per heavy atom. The molecule has 2 heterocycles. The first-order chi connectivity index (χ1) is 15.7. The summed E-state index contributed by atoms with van der Waals surface area (Å²) in [5.74, 6) is 2.38. The van der Waals surface area contributed by atoms with Crippen LogP contribution >= 0.6 is 24.0 Å². The predicted molar refractivity (Wildman–Crippen MR) is 140 cm³/mol. The number of benzene rings is 2. The molecule has 0 saturated carbocycles. The number of nitrogens with one attached hydrogen (secondary N) is 2. The maximum atomic E-state index is 5.41. The molecule has 1 saturated heterocycles. The predicted octanol–water partition coefficient (Wildman–Crippen LogP) is 2.85. The summed E-state index contributed by atoms with van der Waals surface area (Å²) in [5.41, 5.74) is 3.24. The van der Waals surface area contributed by atoms with Gasteiger partial charge in [0.05, 0.1) is 19.9 Å². The van der Waals surface area contributed by atoms with E-state index in [1.165, 1.54) is 6.33 Å². The van der Waals surface area contributed by atoms with E-state index in [-0.39, 0.29) is 24.0 Å². The number of ether oxygens (including phenoxy) is 2. The van der Waals surface area contributed by atoms with Crippen molar-refractivity contribution in [1.29, 1.82) is 0 Å². The van der Waals surface area contributed by atoms with Crippen LogP contribution in [-0.2, 0) is 6.54 Å². The third-order valence-corrected chi connectivity index (χ3v) is 5.53. The zero-order valence-electron chi connectivity index (χ0n) is 19.1. The Hall–Kier alpha value is -3.02. The SMILES string of the molecule is CN=C(NCc1ccc(-n2cncn2)cc1)NC1CCN(c2cc(OC)cc(OC)c2)C1.I. The number of halogens is 1. The molecular formula is C23H30IN7O2. The zero-order chi connectivity index (χ0) is 22.3. The summed E-state index contributed by atoms with van der Waals surface area (Å²) < 4.78 is 12.6. The average molecular weight is 563 g/mol. The number of aliphatic imine (C=N–C) groups is 1. The molecule has 1 aliphatic heterocycles. The third kappa shape index (κ3) is 6.28. The molecule has 2 N–H and O–H groups in total. The van der Waals surface area contributed by atoms with Crippen molar-refractivity contribution in [2.75, 3.05) is 39.3 Å². The largest absolute Gasteiger partial charge is 0.497 e. The number of aromatic nitrogens is 3. The van der Waals surface area contributed by atoms with Crippen molar-refractivity contribution >= 4 is 35.6 Å². The van der Waals surface area contributed by atoms with E-state index in [1.54, 1.807) is 32.3 Å². The highest BCUT2D eigenvalue weighted by Crippen LogP contribution is 2.30. The molecule has 33 heavy (non-hydrogen) atoms. The molecular weight excluding hydrogens is 533 g/mol. The molecule has 10 heteroatoms. The van der Waals surface area contributed by atoms with Crippen LogP contribution in [0.4, 0.5) is 5.69 Å². The Kier molecular flexibility index (Phi) is 8.75. The van der Waals surface area contributed by atoms with E-state index >= 15 is 0 Å². The number of methoxy groups -OCH3 is 2. The maximum Gasteiger partial charge on any atom is 0.191 e. The Morgan fingerprint density at radius 2 is 1.82 bits per heavy atom. The van der Waals surface area contributed by atoms with Crippen LogP contribution in [0.15, 0.2) is 60.1 Å². The summed E-state index contributed by atoms with van der Waals surface area (Å²) in [6.07, 6.45) is 4.23.